The quantitative estimate of drug-likeness (QED) is 0.472. The van der Waals surface area contributed by atoms with Gasteiger partial charge in [-0.1, -0.05) is 0 Å². The fourth-order valence-corrected chi connectivity index (χ4v) is 1.00. The minimum Gasteiger partial charge on any atom is -0.507 e. The molecule has 0 bridgehead atoms. The Labute approximate surface area is 71.4 Å². The van der Waals surface area contributed by atoms with Crippen molar-refractivity contribution < 1.29 is 14.6 Å². The van der Waals surface area contributed by atoms with Gasteiger partial charge in [0.2, 0.25) is 0 Å². The second kappa shape index (κ2) is 3.30. The van der Waals surface area contributed by atoms with E-state index in [-0.39, 0.29) is 11.3 Å². The van der Waals surface area contributed by atoms with Crippen LogP contribution in [0.4, 0.5) is 0 Å². The number of hydrogen-bond donors (Lipinski definition) is 1. The van der Waals surface area contributed by atoms with E-state index in [1.54, 1.807) is 7.85 Å². The molecular weight excluding hydrogens is 155 g/mol. The van der Waals surface area contributed by atoms with Gasteiger partial charge in [-0.05, 0) is 17.6 Å². The molecule has 0 unspecified atom stereocenters. The van der Waals surface area contributed by atoms with E-state index >= 15 is 0 Å². The first-order valence-electron chi connectivity index (χ1n) is 3.52. The summed E-state index contributed by atoms with van der Waals surface area (Å²) in [5, 5.41) is 9.22. The molecule has 0 fully saturated rings. The third kappa shape index (κ3) is 1.42. The molecular formula is C8H9BO3. The Morgan fingerprint density at radius 3 is 2.75 bits per heavy atom. The monoisotopic (exact) mass is 164 g/mol. The van der Waals surface area contributed by atoms with Gasteiger partial charge in [0.05, 0.1) is 12.7 Å². The number of carbonyl (C=O) groups excluding carboxylic acids is 1. The summed E-state index contributed by atoms with van der Waals surface area (Å²) in [4.78, 5) is 10.4. The smallest absolute Gasteiger partial charge is 0.153 e. The molecule has 0 aromatic heterocycles. The van der Waals surface area contributed by atoms with Crippen molar-refractivity contribution in [1.82, 2.24) is 0 Å². The standard InChI is InChI=1S/C8H9BO3/c1-12-8-2-5(4-10)7(11)3-6(8)9/h2-4,11H,9H2,1H3. The van der Waals surface area contributed by atoms with Crippen LogP contribution in [0.25, 0.3) is 0 Å². The molecule has 3 nitrogen and oxygen atoms in total. The summed E-state index contributed by atoms with van der Waals surface area (Å²) in [5.41, 5.74) is 1.05. The van der Waals surface area contributed by atoms with Crippen LogP contribution in [0, 0.1) is 0 Å². The maximum atomic E-state index is 10.4. The van der Waals surface area contributed by atoms with Gasteiger partial charge in [0.1, 0.15) is 19.3 Å². The van der Waals surface area contributed by atoms with Crippen molar-refractivity contribution in [2.45, 2.75) is 0 Å². The van der Waals surface area contributed by atoms with E-state index in [0.29, 0.717) is 12.0 Å². The Hall–Kier alpha value is -1.45. The van der Waals surface area contributed by atoms with Crippen LogP contribution in [0.1, 0.15) is 10.4 Å². The van der Waals surface area contributed by atoms with Crippen LogP contribution in [0.2, 0.25) is 0 Å². The summed E-state index contributed by atoms with van der Waals surface area (Å²) < 4.78 is 4.97. The van der Waals surface area contributed by atoms with Crippen LogP contribution in [0.15, 0.2) is 12.1 Å². The number of methoxy groups -OCH3 is 1. The number of aromatic hydroxyl groups is 1. The van der Waals surface area contributed by atoms with E-state index in [1.165, 1.54) is 19.2 Å². The molecule has 0 atom stereocenters. The Morgan fingerprint density at radius 2 is 2.25 bits per heavy atom. The van der Waals surface area contributed by atoms with Gasteiger partial charge in [-0.3, -0.25) is 4.79 Å². The SMILES string of the molecule is Bc1cc(O)c(C=O)cc1OC. The van der Waals surface area contributed by atoms with Gasteiger partial charge in [-0.15, -0.1) is 0 Å². The van der Waals surface area contributed by atoms with Crippen molar-refractivity contribution in [1.29, 1.82) is 0 Å². The highest BCUT2D eigenvalue weighted by molar-refractivity contribution is 6.34. The first-order chi connectivity index (χ1) is 5.69. The van der Waals surface area contributed by atoms with E-state index in [1.807, 2.05) is 0 Å². The third-order valence-electron chi connectivity index (χ3n) is 1.67. The molecule has 0 saturated carbocycles. The van der Waals surface area contributed by atoms with Gasteiger partial charge < -0.3 is 9.84 Å². The molecule has 1 rings (SSSR count). The molecule has 0 aliphatic rings. The highest BCUT2D eigenvalue weighted by Crippen LogP contribution is 2.18. The third-order valence-corrected chi connectivity index (χ3v) is 1.67. The Bertz CT molecular complexity index is 309. The van der Waals surface area contributed by atoms with Crippen LogP contribution >= 0.6 is 0 Å². The summed E-state index contributed by atoms with van der Waals surface area (Å²) in [6.07, 6.45) is 0.595. The average molecular weight is 164 g/mol. The van der Waals surface area contributed by atoms with Crippen molar-refractivity contribution in [2.75, 3.05) is 7.11 Å². The summed E-state index contributed by atoms with van der Waals surface area (Å²) in [6, 6.07) is 3.01. The zero-order chi connectivity index (χ0) is 9.14. The lowest BCUT2D eigenvalue weighted by molar-refractivity contribution is 0.112. The summed E-state index contributed by atoms with van der Waals surface area (Å²) in [7, 11) is 3.32. The number of carbonyl (C=O) groups is 1. The molecule has 0 aliphatic heterocycles. The highest BCUT2D eigenvalue weighted by atomic mass is 16.5. The van der Waals surface area contributed by atoms with Gasteiger partial charge in [0.15, 0.2) is 6.29 Å². The minimum absolute atomic E-state index is 0.0108. The number of ether oxygens (including phenoxy) is 1. The van der Waals surface area contributed by atoms with Crippen LogP contribution < -0.4 is 10.2 Å². The average Bonchev–Trinajstić information content (AvgIpc) is 2.05. The van der Waals surface area contributed by atoms with E-state index in [0.717, 1.165) is 5.46 Å². The minimum atomic E-state index is -0.0108. The van der Waals surface area contributed by atoms with Gasteiger partial charge in [-0.2, -0.15) is 0 Å². The number of benzene rings is 1. The number of aldehydes is 1. The largest absolute Gasteiger partial charge is 0.507 e. The lowest BCUT2D eigenvalue weighted by atomic mass is 9.93. The molecule has 0 amide bonds. The lowest BCUT2D eigenvalue weighted by Gasteiger charge is -2.06. The summed E-state index contributed by atoms with van der Waals surface area (Å²) in [6.45, 7) is 0. The zero-order valence-corrected chi connectivity index (χ0v) is 7.00. The molecule has 1 N–H and O–H groups in total. The summed E-state index contributed by atoms with van der Waals surface area (Å²) in [5.74, 6) is 0.596. The van der Waals surface area contributed by atoms with E-state index < -0.39 is 0 Å². The van der Waals surface area contributed by atoms with Gasteiger partial charge in [0.25, 0.3) is 0 Å². The molecule has 0 heterocycles. The Morgan fingerprint density at radius 1 is 1.58 bits per heavy atom. The number of hydrogen-bond acceptors (Lipinski definition) is 3. The van der Waals surface area contributed by atoms with Crippen LogP contribution in [-0.4, -0.2) is 26.3 Å². The Kier molecular flexibility index (Phi) is 2.38. The molecule has 12 heavy (non-hydrogen) atoms. The Balaban J connectivity index is 3.26. The molecule has 0 aliphatic carbocycles. The summed E-state index contributed by atoms with van der Waals surface area (Å²) >= 11 is 0. The number of phenols is 1. The first kappa shape index (κ1) is 8.65. The number of rotatable bonds is 2. The molecule has 62 valence electrons. The first-order valence-corrected chi connectivity index (χ1v) is 3.52. The lowest BCUT2D eigenvalue weighted by Crippen LogP contribution is -2.07. The van der Waals surface area contributed by atoms with Crippen molar-refractivity contribution in [2.24, 2.45) is 0 Å². The van der Waals surface area contributed by atoms with Crippen molar-refractivity contribution >= 4 is 19.6 Å². The second-order valence-corrected chi connectivity index (χ2v) is 2.50. The normalized spacial score (nSPS) is 9.42. The molecule has 1 aromatic carbocycles. The fraction of sp³-hybridized carbons (Fsp3) is 0.125. The predicted octanol–water partition coefficient (Wildman–Crippen LogP) is -0.528. The van der Waals surface area contributed by atoms with Crippen LogP contribution in [-0.2, 0) is 0 Å². The maximum absolute atomic E-state index is 10.4. The van der Waals surface area contributed by atoms with Gasteiger partial charge >= 0.3 is 0 Å². The topological polar surface area (TPSA) is 46.5 Å². The maximum Gasteiger partial charge on any atom is 0.153 e. The second-order valence-electron chi connectivity index (χ2n) is 2.50. The molecule has 0 saturated heterocycles. The van der Waals surface area contributed by atoms with E-state index in [2.05, 4.69) is 0 Å². The van der Waals surface area contributed by atoms with Gasteiger partial charge in [-0.25, -0.2) is 0 Å². The molecule has 1 aromatic rings. The number of phenolic OH excluding ortho intramolecular Hbond substituents is 1. The predicted molar refractivity (Wildman–Crippen MR) is 48.2 cm³/mol. The molecule has 4 heteroatoms. The van der Waals surface area contributed by atoms with Gasteiger partial charge in [0, 0.05) is 0 Å². The van der Waals surface area contributed by atoms with Crippen molar-refractivity contribution in [3.05, 3.63) is 17.7 Å². The van der Waals surface area contributed by atoms with Crippen molar-refractivity contribution in [3.63, 3.8) is 0 Å². The fourth-order valence-electron chi connectivity index (χ4n) is 1.00. The highest BCUT2D eigenvalue weighted by Gasteiger charge is 2.04. The van der Waals surface area contributed by atoms with Crippen LogP contribution in [0.3, 0.4) is 0 Å². The molecule has 0 radical (unpaired) electrons. The van der Waals surface area contributed by atoms with Crippen molar-refractivity contribution in [3.8, 4) is 11.5 Å². The zero-order valence-electron chi connectivity index (χ0n) is 7.00. The molecule has 0 spiro atoms. The van der Waals surface area contributed by atoms with E-state index in [9.17, 15) is 9.90 Å². The van der Waals surface area contributed by atoms with E-state index in [4.69, 9.17) is 4.74 Å². The van der Waals surface area contributed by atoms with Crippen LogP contribution in [0.5, 0.6) is 11.5 Å².